The first-order valence-corrected chi connectivity index (χ1v) is 6.20. The number of aryl methyl sites for hydroxylation is 2. The van der Waals surface area contributed by atoms with Crippen LogP contribution in [-0.2, 0) is 13.5 Å². The molecule has 1 aliphatic rings. The van der Waals surface area contributed by atoms with Crippen molar-refractivity contribution >= 4 is 17.1 Å². The minimum absolute atomic E-state index is 0.299. The molecule has 4 heteroatoms. The van der Waals surface area contributed by atoms with Crippen LogP contribution < -0.4 is 0 Å². The zero-order valence-electron chi connectivity index (χ0n) is 9.06. The van der Waals surface area contributed by atoms with E-state index in [1.807, 2.05) is 25.5 Å². The van der Waals surface area contributed by atoms with E-state index in [9.17, 15) is 4.79 Å². The van der Waals surface area contributed by atoms with Crippen molar-refractivity contribution in [1.82, 2.24) is 9.78 Å². The van der Waals surface area contributed by atoms with Crippen LogP contribution in [0.2, 0.25) is 0 Å². The summed E-state index contributed by atoms with van der Waals surface area (Å²) in [7, 11) is 1.90. The number of fused-ring (bicyclic) bond motifs is 1. The van der Waals surface area contributed by atoms with Gasteiger partial charge in [0.05, 0.1) is 6.20 Å². The van der Waals surface area contributed by atoms with Crippen LogP contribution in [0, 0.1) is 0 Å². The Labute approximate surface area is 97.7 Å². The third-order valence-corrected chi connectivity index (χ3v) is 4.15. The Morgan fingerprint density at radius 1 is 1.44 bits per heavy atom. The Hall–Kier alpha value is -1.42. The van der Waals surface area contributed by atoms with E-state index in [1.54, 1.807) is 16.0 Å². The van der Waals surface area contributed by atoms with Crippen LogP contribution in [0.5, 0.6) is 0 Å². The number of hydrogen-bond acceptors (Lipinski definition) is 3. The fourth-order valence-corrected chi connectivity index (χ4v) is 3.28. The van der Waals surface area contributed by atoms with Crippen molar-refractivity contribution in [2.45, 2.75) is 19.3 Å². The predicted octanol–water partition coefficient (Wildman–Crippen LogP) is 2.67. The highest BCUT2D eigenvalue weighted by atomic mass is 32.1. The zero-order chi connectivity index (χ0) is 11.1. The van der Waals surface area contributed by atoms with Crippen molar-refractivity contribution in [2.24, 2.45) is 7.05 Å². The Balaban J connectivity index is 2.07. The molecule has 0 N–H and O–H groups in total. The van der Waals surface area contributed by atoms with Gasteiger partial charge in [0, 0.05) is 40.5 Å². The Kier molecular flexibility index (Phi) is 2.17. The van der Waals surface area contributed by atoms with Gasteiger partial charge in [-0.15, -0.1) is 11.3 Å². The third kappa shape index (κ3) is 1.50. The Morgan fingerprint density at radius 2 is 2.31 bits per heavy atom. The predicted molar refractivity (Wildman–Crippen MR) is 63.8 cm³/mol. The number of rotatable bonds is 1. The van der Waals surface area contributed by atoms with Gasteiger partial charge in [-0.2, -0.15) is 5.10 Å². The normalized spacial score (nSPS) is 15.2. The van der Waals surface area contributed by atoms with Crippen molar-refractivity contribution in [3.63, 3.8) is 0 Å². The molecule has 2 heterocycles. The minimum atomic E-state index is 0.299. The molecule has 0 saturated heterocycles. The van der Waals surface area contributed by atoms with Gasteiger partial charge in [-0.25, -0.2) is 0 Å². The van der Waals surface area contributed by atoms with Gasteiger partial charge in [-0.3, -0.25) is 9.48 Å². The summed E-state index contributed by atoms with van der Waals surface area (Å²) in [5.41, 5.74) is 2.05. The Bertz CT molecular complexity index is 553. The number of carbonyl (C=O) groups is 1. The van der Waals surface area contributed by atoms with Crippen LogP contribution in [0.3, 0.4) is 0 Å². The average Bonchev–Trinajstić information content (AvgIpc) is 2.84. The van der Waals surface area contributed by atoms with Crippen LogP contribution in [-0.4, -0.2) is 15.6 Å². The van der Waals surface area contributed by atoms with Crippen molar-refractivity contribution in [3.8, 4) is 10.4 Å². The number of nitrogens with zero attached hydrogens (tertiary/aromatic N) is 2. The van der Waals surface area contributed by atoms with Crippen LogP contribution >= 0.6 is 11.3 Å². The van der Waals surface area contributed by atoms with E-state index in [0.29, 0.717) is 12.2 Å². The van der Waals surface area contributed by atoms with Crippen LogP contribution in [0.4, 0.5) is 0 Å². The molecule has 3 rings (SSSR count). The molecule has 0 radical (unpaired) electrons. The van der Waals surface area contributed by atoms with E-state index in [2.05, 4.69) is 5.10 Å². The van der Waals surface area contributed by atoms with Gasteiger partial charge in [0.25, 0.3) is 0 Å². The molecule has 2 aromatic rings. The number of hydrogen-bond donors (Lipinski definition) is 0. The summed E-state index contributed by atoms with van der Waals surface area (Å²) in [6.45, 7) is 0. The number of ketones is 1. The van der Waals surface area contributed by atoms with Gasteiger partial charge in [0.2, 0.25) is 0 Å². The lowest BCUT2D eigenvalue weighted by Crippen LogP contribution is -2.06. The maximum Gasteiger partial charge on any atom is 0.164 e. The third-order valence-electron chi connectivity index (χ3n) is 2.91. The molecule has 0 spiro atoms. The molecule has 0 bridgehead atoms. The van der Waals surface area contributed by atoms with Crippen molar-refractivity contribution in [3.05, 3.63) is 28.9 Å². The highest BCUT2D eigenvalue weighted by Gasteiger charge is 2.20. The van der Waals surface area contributed by atoms with E-state index in [-0.39, 0.29) is 0 Å². The van der Waals surface area contributed by atoms with E-state index in [0.717, 1.165) is 28.8 Å². The molecule has 2 aromatic heterocycles. The SMILES string of the molecule is Cn1cc(-c2cc3c(s2)CCCC3=O)cn1. The number of thiophene rings is 1. The van der Waals surface area contributed by atoms with Gasteiger partial charge in [0.15, 0.2) is 5.78 Å². The first-order valence-electron chi connectivity index (χ1n) is 5.39. The molecule has 0 saturated carbocycles. The lowest BCUT2D eigenvalue weighted by atomic mass is 9.97. The van der Waals surface area contributed by atoms with Gasteiger partial charge >= 0.3 is 0 Å². The largest absolute Gasteiger partial charge is 0.294 e. The molecule has 0 amide bonds. The first kappa shape index (κ1) is 9.78. The topological polar surface area (TPSA) is 34.9 Å². The van der Waals surface area contributed by atoms with Gasteiger partial charge in [-0.05, 0) is 18.9 Å². The molecule has 0 aliphatic heterocycles. The number of carbonyl (C=O) groups excluding carboxylic acids is 1. The second-order valence-electron chi connectivity index (χ2n) is 4.13. The monoisotopic (exact) mass is 232 g/mol. The smallest absolute Gasteiger partial charge is 0.164 e. The summed E-state index contributed by atoms with van der Waals surface area (Å²) in [5, 5.41) is 4.16. The van der Waals surface area contributed by atoms with E-state index in [4.69, 9.17) is 0 Å². The summed E-state index contributed by atoms with van der Waals surface area (Å²) in [4.78, 5) is 14.1. The average molecular weight is 232 g/mol. The quantitative estimate of drug-likeness (QED) is 0.757. The van der Waals surface area contributed by atoms with Crippen molar-refractivity contribution < 1.29 is 4.79 Å². The highest BCUT2D eigenvalue weighted by molar-refractivity contribution is 7.15. The molecule has 0 fully saturated rings. The van der Waals surface area contributed by atoms with Crippen molar-refractivity contribution in [1.29, 1.82) is 0 Å². The van der Waals surface area contributed by atoms with Crippen molar-refractivity contribution in [2.75, 3.05) is 0 Å². The fraction of sp³-hybridized carbons (Fsp3) is 0.333. The summed E-state index contributed by atoms with van der Waals surface area (Å²) in [6, 6.07) is 2.03. The molecule has 0 atom stereocenters. The van der Waals surface area contributed by atoms with E-state index >= 15 is 0 Å². The standard InChI is InChI=1S/C12H12N2OS/c1-14-7-8(6-13-14)12-5-9-10(15)3-2-4-11(9)16-12/h5-7H,2-4H2,1H3. The highest BCUT2D eigenvalue weighted by Crippen LogP contribution is 2.35. The van der Waals surface area contributed by atoms with Gasteiger partial charge < -0.3 is 0 Å². The van der Waals surface area contributed by atoms with Gasteiger partial charge in [-0.1, -0.05) is 0 Å². The lowest BCUT2D eigenvalue weighted by Gasteiger charge is -2.07. The fourth-order valence-electron chi connectivity index (χ4n) is 2.09. The second kappa shape index (κ2) is 3.56. The maximum absolute atomic E-state index is 11.7. The zero-order valence-corrected chi connectivity index (χ0v) is 9.88. The summed E-state index contributed by atoms with van der Waals surface area (Å²) < 4.78 is 1.79. The molecule has 3 nitrogen and oxygen atoms in total. The number of aromatic nitrogens is 2. The minimum Gasteiger partial charge on any atom is -0.294 e. The second-order valence-corrected chi connectivity index (χ2v) is 5.26. The molecular formula is C12H12N2OS. The van der Waals surface area contributed by atoms with Crippen LogP contribution in [0.25, 0.3) is 10.4 Å². The molecule has 82 valence electrons. The summed E-state index contributed by atoms with van der Waals surface area (Å²) >= 11 is 1.73. The van der Waals surface area contributed by atoms with Gasteiger partial charge in [0.1, 0.15) is 0 Å². The first-order chi connectivity index (χ1) is 7.74. The molecule has 0 aromatic carbocycles. The summed E-state index contributed by atoms with van der Waals surface area (Å²) in [6.07, 6.45) is 6.59. The van der Waals surface area contributed by atoms with Crippen LogP contribution in [0.15, 0.2) is 18.5 Å². The Morgan fingerprint density at radius 3 is 3.00 bits per heavy atom. The maximum atomic E-state index is 11.7. The molecular weight excluding hydrogens is 220 g/mol. The van der Waals surface area contributed by atoms with Crippen LogP contribution in [0.1, 0.15) is 28.1 Å². The van der Waals surface area contributed by atoms with E-state index in [1.165, 1.54) is 4.88 Å². The number of Topliss-reactive ketones (excluding diaryl/α,β-unsaturated/α-hetero) is 1. The van der Waals surface area contributed by atoms with E-state index < -0.39 is 0 Å². The summed E-state index contributed by atoms with van der Waals surface area (Å²) in [5.74, 6) is 0.299. The molecule has 16 heavy (non-hydrogen) atoms. The lowest BCUT2D eigenvalue weighted by molar-refractivity contribution is 0.0973. The molecule has 0 unspecified atom stereocenters. The molecule has 1 aliphatic carbocycles.